The zero-order valence-corrected chi connectivity index (χ0v) is 13.0. The highest BCUT2D eigenvalue weighted by Gasteiger charge is 2.08. The van der Waals surface area contributed by atoms with Crippen LogP contribution in [0.2, 0.25) is 0 Å². The predicted octanol–water partition coefficient (Wildman–Crippen LogP) is 4.41. The van der Waals surface area contributed by atoms with E-state index in [9.17, 15) is 0 Å². The third-order valence-corrected chi connectivity index (χ3v) is 4.16. The minimum Gasteiger partial charge on any atom is -0.302 e. The van der Waals surface area contributed by atoms with E-state index in [1.54, 1.807) is 18.0 Å². The summed E-state index contributed by atoms with van der Waals surface area (Å²) in [5.41, 5.74) is 0.864. The SMILES string of the molecule is Brc1cccc(Sc2nc(Br)cn3ccnc23)c1. The fourth-order valence-electron chi connectivity index (χ4n) is 1.58. The lowest BCUT2D eigenvalue weighted by molar-refractivity contribution is 1.01. The van der Waals surface area contributed by atoms with Gasteiger partial charge in [-0.2, -0.15) is 0 Å². The van der Waals surface area contributed by atoms with Gasteiger partial charge in [-0.15, -0.1) is 0 Å². The number of fused-ring (bicyclic) bond motifs is 1. The number of halogens is 2. The van der Waals surface area contributed by atoms with E-state index in [1.807, 2.05) is 28.9 Å². The Morgan fingerprint density at radius 1 is 1.22 bits per heavy atom. The smallest absolute Gasteiger partial charge is 0.170 e. The predicted molar refractivity (Wildman–Crippen MR) is 79.0 cm³/mol. The van der Waals surface area contributed by atoms with Crippen LogP contribution in [0.5, 0.6) is 0 Å². The van der Waals surface area contributed by atoms with Gasteiger partial charge in [0, 0.05) is 28.0 Å². The average molecular weight is 385 g/mol. The maximum Gasteiger partial charge on any atom is 0.170 e. The molecule has 1 aromatic carbocycles. The molecule has 18 heavy (non-hydrogen) atoms. The Morgan fingerprint density at radius 2 is 2.11 bits per heavy atom. The lowest BCUT2D eigenvalue weighted by atomic mass is 10.4. The number of aromatic nitrogens is 3. The van der Waals surface area contributed by atoms with Crippen LogP contribution < -0.4 is 0 Å². The van der Waals surface area contributed by atoms with Crippen molar-refractivity contribution in [3.63, 3.8) is 0 Å². The summed E-state index contributed by atoms with van der Waals surface area (Å²) < 4.78 is 3.81. The first-order chi connectivity index (χ1) is 8.72. The average Bonchev–Trinajstić information content (AvgIpc) is 2.77. The number of imidazole rings is 1. The minimum atomic E-state index is 0.797. The van der Waals surface area contributed by atoms with E-state index in [1.165, 1.54) is 0 Å². The molecular weight excluding hydrogens is 378 g/mol. The molecule has 0 N–H and O–H groups in total. The van der Waals surface area contributed by atoms with Gasteiger partial charge in [-0.1, -0.05) is 33.8 Å². The van der Waals surface area contributed by atoms with Crippen LogP contribution in [0, 0.1) is 0 Å². The van der Waals surface area contributed by atoms with Crippen molar-refractivity contribution in [2.45, 2.75) is 9.92 Å². The number of nitrogens with zero attached hydrogens (tertiary/aromatic N) is 3. The van der Waals surface area contributed by atoms with Crippen LogP contribution in [-0.2, 0) is 0 Å². The van der Waals surface area contributed by atoms with Crippen molar-refractivity contribution in [1.29, 1.82) is 0 Å². The summed E-state index contributed by atoms with van der Waals surface area (Å²) in [7, 11) is 0. The molecule has 0 spiro atoms. The summed E-state index contributed by atoms with van der Waals surface area (Å²) >= 11 is 8.48. The van der Waals surface area contributed by atoms with Crippen LogP contribution in [0.1, 0.15) is 0 Å². The van der Waals surface area contributed by atoms with Crippen LogP contribution in [0.15, 0.2) is 61.9 Å². The van der Waals surface area contributed by atoms with Crippen LogP contribution in [0.3, 0.4) is 0 Å². The summed E-state index contributed by atoms with van der Waals surface area (Å²) in [4.78, 5) is 9.93. The van der Waals surface area contributed by atoms with E-state index in [-0.39, 0.29) is 0 Å². The summed E-state index contributed by atoms with van der Waals surface area (Å²) in [5.74, 6) is 0. The molecule has 0 saturated heterocycles. The third-order valence-electron chi connectivity index (χ3n) is 2.32. The lowest BCUT2D eigenvalue weighted by Crippen LogP contribution is -1.91. The zero-order chi connectivity index (χ0) is 12.5. The van der Waals surface area contributed by atoms with Crippen LogP contribution >= 0.6 is 43.6 Å². The molecule has 90 valence electrons. The van der Waals surface area contributed by atoms with Gasteiger partial charge in [-0.05, 0) is 34.1 Å². The largest absolute Gasteiger partial charge is 0.302 e. The first-order valence-electron chi connectivity index (χ1n) is 5.15. The number of rotatable bonds is 2. The molecule has 3 rings (SSSR count). The topological polar surface area (TPSA) is 30.2 Å². The van der Waals surface area contributed by atoms with E-state index in [0.717, 1.165) is 24.6 Å². The number of benzene rings is 1. The van der Waals surface area contributed by atoms with Gasteiger partial charge >= 0.3 is 0 Å². The molecule has 0 bridgehead atoms. The molecule has 6 heteroatoms. The Labute approximate surface area is 125 Å². The third kappa shape index (κ3) is 2.46. The van der Waals surface area contributed by atoms with Crippen molar-refractivity contribution < 1.29 is 0 Å². The molecule has 2 heterocycles. The number of hydrogen-bond acceptors (Lipinski definition) is 3. The molecule has 0 aliphatic carbocycles. The summed E-state index contributed by atoms with van der Waals surface area (Å²) in [6.45, 7) is 0. The summed E-state index contributed by atoms with van der Waals surface area (Å²) in [6.07, 6.45) is 5.58. The molecule has 0 radical (unpaired) electrons. The van der Waals surface area contributed by atoms with E-state index >= 15 is 0 Å². The van der Waals surface area contributed by atoms with E-state index < -0.39 is 0 Å². The quantitative estimate of drug-likeness (QED) is 0.655. The lowest BCUT2D eigenvalue weighted by Gasteiger charge is -2.04. The van der Waals surface area contributed by atoms with Gasteiger partial charge in [0.05, 0.1) is 0 Å². The Kier molecular flexibility index (Phi) is 3.41. The highest BCUT2D eigenvalue weighted by atomic mass is 79.9. The normalized spacial score (nSPS) is 11.0. The molecule has 3 aromatic rings. The van der Waals surface area contributed by atoms with Crippen LogP contribution in [0.4, 0.5) is 0 Å². The van der Waals surface area contributed by atoms with Crippen molar-refractivity contribution in [1.82, 2.24) is 14.4 Å². The second-order valence-electron chi connectivity index (χ2n) is 3.59. The molecule has 0 aliphatic heterocycles. The Balaban J connectivity index is 2.06. The minimum absolute atomic E-state index is 0.797. The van der Waals surface area contributed by atoms with Gasteiger partial charge in [0.1, 0.15) is 9.63 Å². The fraction of sp³-hybridized carbons (Fsp3) is 0. The summed E-state index contributed by atoms with van der Waals surface area (Å²) in [6, 6.07) is 8.13. The van der Waals surface area contributed by atoms with Crippen molar-refractivity contribution in [3.8, 4) is 0 Å². The fourth-order valence-corrected chi connectivity index (χ4v) is 3.60. The first kappa shape index (κ1) is 12.2. The Hall–Kier alpha value is -0.850. The standard InChI is InChI=1S/C12H7Br2N3S/c13-8-2-1-3-9(6-8)18-12-11-15-4-5-17(11)7-10(14)16-12/h1-7H. The van der Waals surface area contributed by atoms with Gasteiger partial charge in [0.25, 0.3) is 0 Å². The van der Waals surface area contributed by atoms with Crippen molar-refractivity contribution in [3.05, 3.63) is 51.9 Å². The van der Waals surface area contributed by atoms with Gasteiger partial charge in [-0.25, -0.2) is 9.97 Å². The van der Waals surface area contributed by atoms with E-state index in [2.05, 4.69) is 54.0 Å². The Morgan fingerprint density at radius 3 is 2.94 bits per heavy atom. The molecule has 0 aliphatic rings. The molecule has 0 amide bonds. The molecule has 0 unspecified atom stereocenters. The zero-order valence-electron chi connectivity index (χ0n) is 9.05. The maximum absolute atomic E-state index is 4.48. The molecule has 0 saturated carbocycles. The van der Waals surface area contributed by atoms with Gasteiger partial charge in [0.2, 0.25) is 0 Å². The highest BCUT2D eigenvalue weighted by molar-refractivity contribution is 9.10. The monoisotopic (exact) mass is 383 g/mol. The molecule has 2 aromatic heterocycles. The van der Waals surface area contributed by atoms with Crippen LogP contribution in [0.25, 0.3) is 5.65 Å². The first-order valence-corrected chi connectivity index (χ1v) is 7.55. The molecule has 3 nitrogen and oxygen atoms in total. The molecule has 0 atom stereocenters. The molecular formula is C12H7Br2N3S. The second-order valence-corrected chi connectivity index (χ2v) is 6.38. The maximum atomic E-state index is 4.48. The van der Waals surface area contributed by atoms with Gasteiger partial charge in [-0.3, -0.25) is 0 Å². The summed E-state index contributed by atoms with van der Waals surface area (Å²) in [5, 5.41) is 0.882. The van der Waals surface area contributed by atoms with Gasteiger partial charge < -0.3 is 4.40 Å². The second kappa shape index (κ2) is 5.03. The van der Waals surface area contributed by atoms with Crippen molar-refractivity contribution in [2.75, 3.05) is 0 Å². The van der Waals surface area contributed by atoms with Gasteiger partial charge in [0.15, 0.2) is 5.65 Å². The Bertz CT molecular complexity index is 711. The highest BCUT2D eigenvalue weighted by Crippen LogP contribution is 2.31. The van der Waals surface area contributed by atoms with Crippen molar-refractivity contribution in [2.24, 2.45) is 0 Å². The molecule has 0 fully saturated rings. The van der Waals surface area contributed by atoms with Crippen LogP contribution in [-0.4, -0.2) is 14.4 Å². The number of hydrogen-bond donors (Lipinski definition) is 0. The van der Waals surface area contributed by atoms with E-state index in [4.69, 9.17) is 0 Å². The van der Waals surface area contributed by atoms with E-state index in [0.29, 0.717) is 0 Å². The van der Waals surface area contributed by atoms with Crippen molar-refractivity contribution >= 4 is 49.3 Å².